The fraction of sp³-hybridized carbons (Fsp3) is 0.304. The monoisotopic (exact) mass is 537 g/mol. The molecule has 0 aliphatic rings. The third kappa shape index (κ3) is 8.56. The van der Waals surface area contributed by atoms with Gasteiger partial charge in [0.2, 0.25) is 0 Å². The van der Waals surface area contributed by atoms with E-state index in [0.717, 1.165) is 18.0 Å². The summed E-state index contributed by atoms with van der Waals surface area (Å²) in [5, 5.41) is 6.62. The van der Waals surface area contributed by atoms with E-state index in [1.807, 2.05) is 54.9 Å². The molecule has 0 aliphatic heterocycles. The van der Waals surface area contributed by atoms with E-state index >= 15 is 0 Å². The lowest BCUT2D eigenvalue weighted by Gasteiger charge is -2.14. The van der Waals surface area contributed by atoms with Gasteiger partial charge in [-0.15, -0.1) is 24.0 Å². The second kappa shape index (κ2) is 12.9. The normalized spacial score (nSPS) is 11.2. The van der Waals surface area contributed by atoms with Crippen molar-refractivity contribution in [3.05, 3.63) is 78.6 Å². The highest BCUT2D eigenvalue weighted by Crippen LogP contribution is 2.17. The molecule has 0 saturated heterocycles. The largest absolute Gasteiger partial charge is 0.491 e. The third-order valence-corrected chi connectivity index (χ3v) is 4.32. The van der Waals surface area contributed by atoms with Gasteiger partial charge < -0.3 is 19.9 Å². The maximum absolute atomic E-state index is 13.8. The quantitative estimate of drug-likeness (QED) is 0.236. The Hall–Kier alpha value is -2.62. The second-order valence-corrected chi connectivity index (χ2v) is 7.12. The first-order valence-corrected chi connectivity index (χ1v) is 10.1. The average molecular weight is 537 g/mol. The number of nitrogens with one attached hydrogen (secondary N) is 2. The summed E-state index contributed by atoms with van der Waals surface area (Å²) in [7, 11) is 0. The lowest BCUT2D eigenvalue weighted by atomic mass is 10.1. The van der Waals surface area contributed by atoms with Gasteiger partial charge in [0.05, 0.1) is 12.4 Å². The van der Waals surface area contributed by atoms with Crippen molar-refractivity contribution in [3.8, 4) is 5.75 Å². The number of aromatic nitrogens is 2. The topological polar surface area (TPSA) is 63.5 Å². The molecule has 31 heavy (non-hydrogen) atoms. The molecule has 0 unspecified atom stereocenters. The molecule has 0 spiro atoms. The number of ether oxygens (including phenoxy) is 1. The molecule has 1 heterocycles. The van der Waals surface area contributed by atoms with Crippen LogP contribution < -0.4 is 15.4 Å². The number of rotatable bonds is 9. The number of imidazole rings is 1. The van der Waals surface area contributed by atoms with E-state index in [-0.39, 0.29) is 35.9 Å². The summed E-state index contributed by atoms with van der Waals surface area (Å²) in [5.74, 6) is 1.27. The molecule has 0 saturated carbocycles. The summed E-state index contributed by atoms with van der Waals surface area (Å²) in [6.45, 7) is 5.90. The smallest absolute Gasteiger partial charge is 0.195 e. The highest BCUT2D eigenvalue weighted by molar-refractivity contribution is 14.0. The molecule has 3 rings (SSSR count). The number of nitrogens with zero attached hydrogens (tertiary/aromatic N) is 3. The van der Waals surface area contributed by atoms with Gasteiger partial charge >= 0.3 is 0 Å². The molecule has 0 atom stereocenters. The Labute approximate surface area is 200 Å². The van der Waals surface area contributed by atoms with Crippen molar-refractivity contribution in [1.29, 1.82) is 0 Å². The Balaban J connectivity index is 0.00000341. The van der Waals surface area contributed by atoms with Gasteiger partial charge in [-0.1, -0.05) is 18.2 Å². The van der Waals surface area contributed by atoms with Gasteiger partial charge in [0, 0.05) is 37.7 Å². The number of aliphatic imine (C=N–C) groups is 1. The number of hydrogen-bond acceptors (Lipinski definition) is 3. The molecule has 1 aromatic heterocycles. The molecule has 3 aromatic rings. The molecule has 2 aromatic carbocycles. The zero-order chi connectivity index (χ0) is 21.2. The van der Waals surface area contributed by atoms with Crippen LogP contribution in [0, 0.1) is 5.82 Å². The lowest BCUT2D eigenvalue weighted by molar-refractivity contribution is 0.242. The van der Waals surface area contributed by atoms with Crippen molar-refractivity contribution < 1.29 is 9.13 Å². The zero-order valence-electron chi connectivity index (χ0n) is 17.8. The van der Waals surface area contributed by atoms with E-state index < -0.39 is 0 Å². The Morgan fingerprint density at radius 2 is 1.94 bits per heavy atom. The Kier molecular flexibility index (Phi) is 10.3. The van der Waals surface area contributed by atoms with Crippen LogP contribution in [0.4, 0.5) is 10.1 Å². The Morgan fingerprint density at radius 1 is 1.16 bits per heavy atom. The first-order valence-electron chi connectivity index (χ1n) is 10.1. The van der Waals surface area contributed by atoms with E-state index in [1.54, 1.807) is 24.7 Å². The van der Waals surface area contributed by atoms with Gasteiger partial charge in [-0.3, -0.25) is 4.99 Å². The van der Waals surface area contributed by atoms with Gasteiger partial charge in [0.15, 0.2) is 5.96 Å². The first-order chi connectivity index (χ1) is 14.6. The van der Waals surface area contributed by atoms with Gasteiger partial charge in [-0.05, 0) is 56.2 Å². The fourth-order valence-corrected chi connectivity index (χ4v) is 2.88. The fourth-order valence-electron chi connectivity index (χ4n) is 2.88. The lowest BCUT2D eigenvalue weighted by Crippen LogP contribution is -2.33. The number of anilines is 1. The Morgan fingerprint density at radius 3 is 2.61 bits per heavy atom. The van der Waals surface area contributed by atoms with E-state index in [1.165, 1.54) is 6.07 Å². The van der Waals surface area contributed by atoms with Crippen LogP contribution in [0.1, 0.15) is 19.4 Å². The minimum Gasteiger partial charge on any atom is -0.491 e. The molecule has 0 radical (unpaired) electrons. The van der Waals surface area contributed by atoms with Crippen LogP contribution in [0.5, 0.6) is 5.75 Å². The van der Waals surface area contributed by atoms with Crippen molar-refractivity contribution >= 4 is 35.6 Å². The summed E-state index contributed by atoms with van der Waals surface area (Å²) < 4.78 is 21.5. The maximum Gasteiger partial charge on any atom is 0.195 e. The molecule has 166 valence electrons. The van der Waals surface area contributed by atoms with Crippen molar-refractivity contribution in [2.45, 2.75) is 32.9 Å². The van der Waals surface area contributed by atoms with Gasteiger partial charge in [-0.25, -0.2) is 9.37 Å². The van der Waals surface area contributed by atoms with Crippen LogP contribution in [-0.4, -0.2) is 34.7 Å². The van der Waals surface area contributed by atoms with Gasteiger partial charge in [0.25, 0.3) is 0 Å². The van der Waals surface area contributed by atoms with Gasteiger partial charge in [0.1, 0.15) is 11.6 Å². The molecule has 0 fully saturated rings. The molecular formula is C23H29FIN5O. The van der Waals surface area contributed by atoms with E-state index in [9.17, 15) is 4.39 Å². The van der Waals surface area contributed by atoms with E-state index in [0.29, 0.717) is 31.0 Å². The molecule has 0 amide bonds. The molecule has 8 heteroatoms. The number of guanidine groups is 1. The van der Waals surface area contributed by atoms with Crippen molar-refractivity contribution in [2.24, 2.45) is 4.99 Å². The molecular weight excluding hydrogens is 508 g/mol. The van der Waals surface area contributed by atoms with Crippen molar-refractivity contribution in [1.82, 2.24) is 14.9 Å². The Bertz CT molecular complexity index is 929. The van der Waals surface area contributed by atoms with Crippen LogP contribution in [0.25, 0.3) is 0 Å². The minimum atomic E-state index is -0.198. The van der Waals surface area contributed by atoms with Gasteiger partial charge in [-0.2, -0.15) is 0 Å². The number of halogens is 2. The number of benzene rings is 2. The highest BCUT2D eigenvalue weighted by atomic mass is 127. The molecule has 2 N–H and O–H groups in total. The average Bonchev–Trinajstić information content (AvgIpc) is 3.24. The van der Waals surface area contributed by atoms with Crippen LogP contribution in [0.3, 0.4) is 0 Å². The first kappa shape index (κ1) is 24.6. The summed E-state index contributed by atoms with van der Waals surface area (Å²) in [6.07, 6.45) is 6.10. The molecule has 0 aliphatic carbocycles. The summed E-state index contributed by atoms with van der Waals surface area (Å²) in [4.78, 5) is 8.67. The predicted octanol–water partition coefficient (Wildman–Crippen LogP) is 4.73. The van der Waals surface area contributed by atoms with Crippen LogP contribution in [0.2, 0.25) is 0 Å². The van der Waals surface area contributed by atoms with Crippen molar-refractivity contribution in [2.75, 3.05) is 18.4 Å². The van der Waals surface area contributed by atoms with Crippen LogP contribution in [-0.2, 0) is 13.0 Å². The second-order valence-electron chi connectivity index (χ2n) is 7.12. The third-order valence-electron chi connectivity index (χ3n) is 4.32. The molecule has 0 bridgehead atoms. The minimum absolute atomic E-state index is 0. The molecule has 6 nitrogen and oxygen atoms in total. The van der Waals surface area contributed by atoms with E-state index in [4.69, 9.17) is 4.74 Å². The highest BCUT2D eigenvalue weighted by Gasteiger charge is 2.04. The summed E-state index contributed by atoms with van der Waals surface area (Å²) in [5.41, 5.74) is 1.56. The standard InChI is InChI=1S/C23H28FN5O.HI/c1-18(2)30-21-9-7-20(8-10-21)28-23(27-14-16-29-15-13-25-17-29)26-12-11-19-5-3-4-6-22(19)24;/h3-10,13,15,17-18H,11-12,14,16H2,1-2H3,(H2,26,27,28);1H. The maximum atomic E-state index is 13.8. The van der Waals surface area contributed by atoms with Crippen LogP contribution >= 0.6 is 24.0 Å². The number of hydrogen-bond donors (Lipinski definition) is 2. The van der Waals surface area contributed by atoms with E-state index in [2.05, 4.69) is 20.6 Å². The predicted molar refractivity (Wildman–Crippen MR) is 134 cm³/mol. The van der Waals surface area contributed by atoms with Crippen molar-refractivity contribution in [3.63, 3.8) is 0 Å². The van der Waals surface area contributed by atoms with Crippen LogP contribution in [0.15, 0.2) is 72.2 Å². The SMILES string of the molecule is CC(C)Oc1ccc(NC(=NCCc2ccccc2F)NCCn2ccnc2)cc1.I. The summed E-state index contributed by atoms with van der Waals surface area (Å²) in [6, 6.07) is 14.5. The zero-order valence-corrected chi connectivity index (χ0v) is 20.1. The summed E-state index contributed by atoms with van der Waals surface area (Å²) >= 11 is 0.